The summed E-state index contributed by atoms with van der Waals surface area (Å²) < 4.78 is 16.4. The van der Waals surface area contributed by atoms with Gasteiger partial charge in [-0.3, -0.25) is 0 Å². The van der Waals surface area contributed by atoms with Crippen molar-refractivity contribution in [1.29, 1.82) is 0 Å². The maximum atomic E-state index is 5.68. The normalized spacial score (nSPS) is 12.2. The van der Waals surface area contributed by atoms with Crippen LogP contribution < -0.4 is 14.8 Å². The fourth-order valence-corrected chi connectivity index (χ4v) is 1.83. The number of hydrogen-bond acceptors (Lipinski definition) is 5. The number of aryl methyl sites for hydroxylation is 1. The van der Waals surface area contributed by atoms with Gasteiger partial charge in [0.25, 0.3) is 0 Å². The highest BCUT2D eigenvalue weighted by Crippen LogP contribution is 2.25. The molecule has 1 heterocycles. The summed E-state index contributed by atoms with van der Waals surface area (Å²) in [4.78, 5) is 4.19. The molecule has 5 nitrogen and oxygen atoms in total. The van der Waals surface area contributed by atoms with E-state index in [9.17, 15) is 0 Å². The van der Waals surface area contributed by atoms with Crippen LogP contribution >= 0.6 is 0 Å². The Hall–Kier alpha value is -2.01. The number of benzene rings is 1. The number of para-hydroxylation sites is 2. The molecule has 1 N–H and O–H groups in total. The minimum absolute atomic E-state index is 0.0602. The predicted molar refractivity (Wildman–Crippen MR) is 76.1 cm³/mol. The highest BCUT2D eigenvalue weighted by molar-refractivity contribution is 5.39. The quantitative estimate of drug-likeness (QED) is 0.788. The first-order valence-corrected chi connectivity index (χ1v) is 6.62. The van der Waals surface area contributed by atoms with E-state index in [2.05, 4.69) is 10.3 Å². The van der Waals surface area contributed by atoms with Gasteiger partial charge in [0.1, 0.15) is 12.4 Å². The molecule has 1 aromatic carbocycles. The van der Waals surface area contributed by atoms with Crippen molar-refractivity contribution in [2.24, 2.45) is 0 Å². The first kappa shape index (κ1) is 14.4. The molecule has 20 heavy (non-hydrogen) atoms. The molecule has 0 bridgehead atoms. The van der Waals surface area contributed by atoms with Crippen molar-refractivity contribution in [1.82, 2.24) is 10.3 Å². The lowest BCUT2D eigenvalue weighted by atomic mass is 10.3. The van der Waals surface area contributed by atoms with Gasteiger partial charge in [-0.05, 0) is 26.0 Å². The molecule has 0 radical (unpaired) electrons. The summed E-state index contributed by atoms with van der Waals surface area (Å²) >= 11 is 0. The van der Waals surface area contributed by atoms with E-state index in [0.717, 1.165) is 17.3 Å². The highest BCUT2D eigenvalue weighted by atomic mass is 16.5. The Labute approximate surface area is 118 Å². The molecule has 0 aliphatic heterocycles. The minimum atomic E-state index is 0.0602. The Morgan fingerprint density at radius 3 is 2.70 bits per heavy atom. The number of rotatable bonds is 7. The zero-order valence-electron chi connectivity index (χ0n) is 12.1. The molecule has 5 heteroatoms. The molecule has 2 aromatic rings. The average Bonchev–Trinajstić information content (AvgIpc) is 2.90. The van der Waals surface area contributed by atoms with E-state index in [1.165, 1.54) is 0 Å². The first-order chi connectivity index (χ1) is 9.70. The molecule has 1 atom stereocenters. The highest BCUT2D eigenvalue weighted by Gasteiger charge is 2.10. The van der Waals surface area contributed by atoms with Crippen molar-refractivity contribution in [2.75, 3.05) is 20.3 Å². The molecule has 0 aliphatic carbocycles. The van der Waals surface area contributed by atoms with Crippen LogP contribution in [0.1, 0.15) is 24.6 Å². The molecular formula is C15H20N2O3. The van der Waals surface area contributed by atoms with E-state index >= 15 is 0 Å². The van der Waals surface area contributed by atoms with Crippen LogP contribution in [0.2, 0.25) is 0 Å². The lowest BCUT2D eigenvalue weighted by Gasteiger charge is -2.13. The summed E-state index contributed by atoms with van der Waals surface area (Å²) in [5.41, 5.74) is 0. The summed E-state index contributed by atoms with van der Waals surface area (Å²) in [5.74, 6) is 3.00. The second kappa shape index (κ2) is 6.96. The zero-order chi connectivity index (χ0) is 14.4. The number of hydrogen-bond donors (Lipinski definition) is 1. The van der Waals surface area contributed by atoms with Crippen LogP contribution in [-0.2, 0) is 0 Å². The lowest BCUT2D eigenvalue weighted by Crippen LogP contribution is -2.24. The molecule has 0 saturated carbocycles. The van der Waals surface area contributed by atoms with Crippen molar-refractivity contribution in [3.05, 3.63) is 42.1 Å². The SMILES string of the molecule is COc1ccccc1OCCNC(C)c1ncc(C)o1. The van der Waals surface area contributed by atoms with Gasteiger partial charge in [-0.1, -0.05) is 12.1 Å². The molecule has 0 fully saturated rings. The van der Waals surface area contributed by atoms with Crippen LogP contribution in [0, 0.1) is 6.92 Å². The number of ether oxygens (including phenoxy) is 2. The second-order valence-electron chi connectivity index (χ2n) is 4.48. The standard InChI is InChI=1S/C15H20N2O3/c1-11-10-17-15(20-11)12(2)16-8-9-19-14-7-5-4-6-13(14)18-3/h4-7,10,12,16H,8-9H2,1-3H3. The molecule has 0 amide bonds. The zero-order valence-corrected chi connectivity index (χ0v) is 12.1. The Bertz CT molecular complexity index is 539. The van der Waals surface area contributed by atoms with Gasteiger partial charge in [0.05, 0.1) is 19.3 Å². The molecule has 1 aromatic heterocycles. The van der Waals surface area contributed by atoms with Crippen LogP contribution in [0.3, 0.4) is 0 Å². The Balaban J connectivity index is 1.76. The van der Waals surface area contributed by atoms with Crippen LogP contribution in [0.25, 0.3) is 0 Å². The van der Waals surface area contributed by atoms with Gasteiger partial charge in [-0.2, -0.15) is 0 Å². The van der Waals surface area contributed by atoms with E-state index in [1.807, 2.05) is 38.1 Å². The van der Waals surface area contributed by atoms with Crippen molar-refractivity contribution in [3.63, 3.8) is 0 Å². The van der Waals surface area contributed by atoms with Crippen LogP contribution in [0.15, 0.2) is 34.9 Å². The maximum absolute atomic E-state index is 5.68. The summed E-state index contributed by atoms with van der Waals surface area (Å²) in [6.07, 6.45) is 1.72. The number of aromatic nitrogens is 1. The van der Waals surface area contributed by atoms with E-state index < -0.39 is 0 Å². The summed E-state index contributed by atoms with van der Waals surface area (Å²) in [6, 6.07) is 7.66. The second-order valence-corrected chi connectivity index (χ2v) is 4.48. The summed E-state index contributed by atoms with van der Waals surface area (Å²) in [5, 5.41) is 3.30. The molecule has 2 rings (SSSR count). The third-order valence-electron chi connectivity index (χ3n) is 2.89. The van der Waals surface area contributed by atoms with Crippen LogP contribution in [0.4, 0.5) is 0 Å². The Morgan fingerprint density at radius 1 is 1.30 bits per heavy atom. The molecule has 0 spiro atoms. The molecule has 1 unspecified atom stereocenters. The molecule has 0 aliphatic rings. The van der Waals surface area contributed by atoms with Crippen molar-refractivity contribution >= 4 is 0 Å². The van der Waals surface area contributed by atoms with Gasteiger partial charge in [-0.25, -0.2) is 4.98 Å². The fourth-order valence-electron chi connectivity index (χ4n) is 1.83. The number of oxazole rings is 1. The van der Waals surface area contributed by atoms with Crippen LogP contribution in [-0.4, -0.2) is 25.2 Å². The summed E-state index contributed by atoms with van der Waals surface area (Å²) in [6.45, 7) is 5.13. The van der Waals surface area contributed by atoms with Crippen molar-refractivity contribution in [3.8, 4) is 11.5 Å². The molecular weight excluding hydrogens is 256 g/mol. The topological polar surface area (TPSA) is 56.5 Å². The summed E-state index contributed by atoms with van der Waals surface area (Å²) in [7, 11) is 1.63. The van der Waals surface area contributed by atoms with Gasteiger partial charge >= 0.3 is 0 Å². The van der Waals surface area contributed by atoms with Gasteiger partial charge in [0.2, 0.25) is 5.89 Å². The predicted octanol–water partition coefficient (Wildman–Crippen LogP) is 2.72. The van der Waals surface area contributed by atoms with Crippen molar-refractivity contribution in [2.45, 2.75) is 19.9 Å². The monoisotopic (exact) mass is 276 g/mol. The molecule has 0 saturated heterocycles. The Morgan fingerprint density at radius 2 is 2.05 bits per heavy atom. The minimum Gasteiger partial charge on any atom is -0.493 e. The van der Waals surface area contributed by atoms with Gasteiger partial charge in [0, 0.05) is 6.54 Å². The number of methoxy groups -OCH3 is 1. The van der Waals surface area contributed by atoms with E-state index in [4.69, 9.17) is 13.9 Å². The van der Waals surface area contributed by atoms with E-state index in [-0.39, 0.29) is 6.04 Å². The van der Waals surface area contributed by atoms with Gasteiger partial charge in [0.15, 0.2) is 11.5 Å². The maximum Gasteiger partial charge on any atom is 0.211 e. The third-order valence-corrected chi connectivity index (χ3v) is 2.89. The first-order valence-electron chi connectivity index (χ1n) is 6.62. The number of nitrogens with zero attached hydrogens (tertiary/aromatic N) is 1. The third kappa shape index (κ3) is 3.74. The Kier molecular flexibility index (Phi) is 5.01. The number of nitrogens with one attached hydrogen (secondary N) is 1. The molecule has 108 valence electrons. The average molecular weight is 276 g/mol. The van der Waals surface area contributed by atoms with Gasteiger partial charge in [-0.15, -0.1) is 0 Å². The van der Waals surface area contributed by atoms with Crippen LogP contribution in [0.5, 0.6) is 11.5 Å². The van der Waals surface area contributed by atoms with Crippen molar-refractivity contribution < 1.29 is 13.9 Å². The van der Waals surface area contributed by atoms with E-state index in [0.29, 0.717) is 19.0 Å². The lowest BCUT2D eigenvalue weighted by molar-refractivity contribution is 0.282. The largest absolute Gasteiger partial charge is 0.493 e. The smallest absolute Gasteiger partial charge is 0.211 e. The van der Waals surface area contributed by atoms with E-state index in [1.54, 1.807) is 13.3 Å². The van der Waals surface area contributed by atoms with Gasteiger partial charge < -0.3 is 19.2 Å². The fraction of sp³-hybridized carbons (Fsp3) is 0.400.